The van der Waals surface area contributed by atoms with Gasteiger partial charge in [0, 0.05) is 11.3 Å². The van der Waals surface area contributed by atoms with Crippen molar-refractivity contribution in [2.24, 2.45) is 11.7 Å². The largest absolute Gasteiger partial charge is 0.330 e. The van der Waals surface area contributed by atoms with Crippen LogP contribution in [0.5, 0.6) is 0 Å². The molecule has 4 rings (SSSR count). The smallest absolute Gasteiger partial charge is 0.0734 e. The Labute approximate surface area is 107 Å². The summed E-state index contributed by atoms with van der Waals surface area (Å²) in [6, 6.07) is 9.27. The number of nitrogens with two attached hydrogens (primary N) is 1. The maximum atomic E-state index is 5.72. The molecule has 18 heavy (non-hydrogen) atoms. The van der Waals surface area contributed by atoms with Crippen molar-refractivity contribution >= 4 is 10.9 Å². The first-order valence-corrected chi connectivity index (χ1v) is 7.04. The molecule has 2 saturated carbocycles. The maximum Gasteiger partial charge on any atom is 0.0734 e. The van der Waals surface area contributed by atoms with Crippen LogP contribution in [0.3, 0.4) is 0 Å². The summed E-state index contributed by atoms with van der Waals surface area (Å²) >= 11 is 0. The maximum absolute atomic E-state index is 5.72. The molecule has 1 aromatic carbocycles. The molecule has 0 spiro atoms. The topological polar surface area (TPSA) is 43.8 Å². The Morgan fingerprint density at radius 3 is 2.72 bits per heavy atom. The lowest BCUT2D eigenvalue weighted by atomic mass is 9.80. The van der Waals surface area contributed by atoms with Gasteiger partial charge in [-0.25, -0.2) is 0 Å². The Bertz CT molecular complexity index is 576. The number of nitrogens with zero attached hydrogens (tertiary/aromatic N) is 2. The third-order valence-corrected chi connectivity index (χ3v) is 4.50. The molecule has 0 aliphatic heterocycles. The Hall–Kier alpha value is -1.35. The lowest BCUT2D eigenvalue weighted by molar-refractivity contribution is 0.194. The summed E-state index contributed by atoms with van der Waals surface area (Å²) in [5.41, 5.74) is 8.37. The summed E-state index contributed by atoms with van der Waals surface area (Å²) in [5, 5.41) is 6.29. The van der Waals surface area contributed by atoms with E-state index in [4.69, 9.17) is 10.8 Å². The van der Waals surface area contributed by atoms with Crippen molar-refractivity contribution in [3.05, 3.63) is 30.0 Å². The van der Waals surface area contributed by atoms with Crippen LogP contribution in [0.1, 0.15) is 43.3 Å². The predicted molar refractivity (Wildman–Crippen MR) is 72.5 cm³/mol. The second-order valence-electron chi connectivity index (χ2n) is 5.85. The normalized spacial score (nSPS) is 27.4. The number of hydrogen-bond donors (Lipinski definition) is 1. The molecule has 0 amide bonds. The highest BCUT2D eigenvalue weighted by atomic mass is 15.3. The zero-order valence-corrected chi connectivity index (χ0v) is 10.5. The molecule has 1 aromatic heterocycles. The van der Waals surface area contributed by atoms with Crippen LogP contribution in [0.15, 0.2) is 24.3 Å². The van der Waals surface area contributed by atoms with Gasteiger partial charge < -0.3 is 5.73 Å². The molecule has 0 saturated heterocycles. The molecular formula is C15H19N3. The summed E-state index contributed by atoms with van der Waals surface area (Å²) in [7, 11) is 0. The fourth-order valence-corrected chi connectivity index (χ4v) is 3.14. The Kier molecular flexibility index (Phi) is 2.24. The van der Waals surface area contributed by atoms with Gasteiger partial charge in [-0.3, -0.25) is 4.68 Å². The average molecular weight is 241 g/mol. The van der Waals surface area contributed by atoms with E-state index in [1.807, 2.05) is 0 Å². The minimum absolute atomic E-state index is 0.580. The van der Waals surface area contributed by atoms with Crippen molar-refractivity contribution in [2.45, 2.75) is 37.6 Å². The van der Waals surface area contributed by atoms with E-state index in [1.165, 1.54) is 42.3 Å². The molecule has 0 radical (unpaired) electrons. The molecule has 0 atom stereocenters. The van der Waals surface area contributed by atoms with Crippen molar-refractivity contribution in [3.8, 4) is 0 Å². The molecule has 2 N–H and O–H groups in total. The standard InChI is InChI=1S/C15H19N3/c16-9-10-7-12(8-10)18-14-4-2-1-3-13(14)15(17-18)11-5-6-11/h1-4,10-12H,5-9,16H2. The number of benzene rings is 1. The van der Waals surface area contributed by atoms with Gasteiger partial charge in [0.15, 0.2) is 0 Å². The van der Waals surface area contributed by atoms with Crippen LogP contribution in [0, 0.1) is 5.92 Å². The van der Waals surface area contributed by atoms with Gasteiger partial charge in [-0.2, -0.15) is 5.10 Å². The van der Waals surface area contributed by atoms with Crippen molar-refractivity contribution in [2.75, 3.05) is 6.54 Å². The highest BCUT2D eigenvalue weighted by molar-refractivity contribution is 5.83. The van der Waals surface area contributed by atoms with Gasteiger partial charge in [0.05, 0.1) is 17.3 Å². The third kappa shape index (κ3) is 1.50. The fraction of sp³-hybridized carbons (Fsp3) is 0.533. The van der Waals surface area contributed by atoms with Gasteiger partial charge in [-0.05, 0) is 44.2 Å². The first-order chi connectivity index (χ1) is 8.86. The van der Waals surface area contributed by atoms with Gasteiger partial charge in [0.25, 0.3) is 0 Å². The second kappa shape index (κ2) is 3.82. The van der Waals surface area contributed by atoms with E-state index < -0.39 is 0 Å². The zero-order chi connectivity index (χ0) is 12.1. The summed E-state index contributed by atoms with van der Waals surface area (Å²) in [6.45, 7) is 0.825. The van der Waals surface area contributed by atoms with E-state index in [-0.39, 0.29) is 0 Å². The number of rotatable bonds is 3. The minimum Gasteiger partial charge on any atom is -0.330 e. The molecule has 2 aliphatic rings. The molecule has 3 heteroatoms. The van der Waals surface area contributed by atoms with Crippen molar-refractivity contribution in [3.63, 3.8) is 0 Å². The first-order valence-electron chi connectivity index (χ1n) is 7.04. The molecule has 2 aromatic rings. The lowest BCUT2D eigenvalue weighted by Crippen LogP contribution is -2.32. The quantitative estimate of drug-likeness (QED) is 0.898. The molecule has 3 nitrogen and oxygen atoms in total. The Morgan fingerprint density at radius 2 is 2.00 bits per heavy atom. The van der Waals surface area contributed by atoms with Crippen molar-refractivity contribution < 1.29 is 0 Å². The van der Waals surface area contributed by atoms with Crippen LogP contribution < -0.4 is 5.73 Å². The van der Waals surface area contributed by atoms with E-state index in [9.17, 15) is 0 Å². The second-order valence-corrected chi connectivity index (χ2v) is 5.85. The number of para-hydroxylation sites is 1. The van der Waals surface area contributed by atoms with Crippen LogP contribution in [0.4, 0.5) is 0 Å². The number of aromatic nitrogens is 2. The van der Waals surface area contributed by atoms with Crippen LogP contribution in [0.2, 0.25) is 0 Å². The molecule has 0 unspecified atom stereocenters. The molecule has 1 heterocycles. The highest BCUT2D eigenvalue weighted by Crippen LogP contribution is 2.45. The van der Waals surface area contributed by atoms with Crippen molar-refractivity contribution in [1.82, 2.24) is 9.78 Å². The predicted octanol–water partition coefficient (Wildman–Crippen LogP) is 2.82. The van der Waals surface area contributed by atoms with Crippen LogP contribution in [0.25, 0.3) is 10.9 Å². The monoisotopic (exact) mass is 241 g/mol. The van der Waals surface area contributed by atoms with E-state index in [1.54, 1.807) is 0 Å². The molecule has 2 fully saturated rings. The van der Waals surface area contributed by atoms with Crippen LogP contribution in [-0.2, 0) is 0 Å². The van der Waals surface area contributed by atoms with Gasteiger partial charge in [0.1, 0.15) is 0 Å². The molecular weight excluding hydrogens is 222 g/mol. The third-order valence-electron chi connectivity index (χ3n) is 4.50. The molecule has 94 valence electrons. The fourth-order valence-electron chi connectivity index (χ4n) is 3.14. The van der Waals surface area contributed by atoms with E-state index in [0.717, 1.165) is 12.5 Å². The Morgan fingerprint density at radius 1 is 1.22 bits per heavy atom. The van der Waals surface area contributed by atoms with Gasteiger partial charge in [0.2, 0.25) is 0 Å². The van der Waals surface area contributed by atoms with Gasteiger partial charge >= 0.3 is 0 Å². The number of hydrogen-bond acceptors (Lipinski definition) is 2. The first kappa shape index (κ1) is 10.6. The lowest BCUT2D eigenvalue weighted by Gasteiger charge is -2.35. The summed E-state index contributed by atoms with van der Waals surface area (Å²) < 4.78 is 2.27. The van der Waals surface area contributed by atoms with Gasteiger partial charge in [-0.1, -0.05) is 18.2 Å². The average Bonchev–Trinajstić information content (AvgIpc) is 3.12. The Balaban J connectivity index is 1.76. The zero-order valence-electron chi connectivity index (χ0n) is 10.5. The summed E-state index contributed by atoms with van der Waals surface area (Å²) in [6.07, 6.45) is 5.03. The number of fused-ring (bicyclic) bond motifs is 1. The van der Waals surface area contributed by atoms with E-state index in [2.05, 4.69) is 28.9 Å². The minimum atomic E-state index is 0.580. The molecule has 2 aliphatic carbocycles. The van der Waals surface area contributed by atoms with Crippen LogP contribution >= 0.6 is 0 Å². The summed E-state index contributed by atoms with van der Waals surface area (Å²) in [4.78, 5) is 0. The van der Waals surface area contributed by atoms with E-state index >= 15 is 0 Å². The SMILES string of the molecule is NCC1CC(n2nc(C3CC3)c3ccccc32)C1. The van der Waals surface area contributed by atoms with Gasteiger partial charge in [-0.15, -0.1) is 0 Å². The van der Waals surface area contributed by atoms with E-state index in [0.29, 0.717) is 12.0 Å². The highest BCUT2D eigenvalue weighted by Gasteiger charge is 2.34. The summed E-state index contributed by atoms with van der Waals surface area (Å²) in [5.74, 6) is 1.43. The van der Waals surface area contributed by atoms with Crippen LogP contribution in [-0.4, -0.2) is 16.3 Å². The molecule has 0 bridgehead atoms. The van der Waals surface area contributed by atoms with Crippen molar-refractivity contribution in [1.29, 1.82) is 0 Å².